The molecule has 1 aliphatic carbocycles. The molecule has 0 radical (unpaired) electrons. The first-order valence-corrected chi connectivity index (χ1v) is 10.9. The lowest BCUT2D eigenvalue weighted by atomic mass is 9.99. The molecule has 2 heterocycles. The Balaban J connectivity index is 1.41. The van der Waals surface area contributed by atoms with Crippen molar-refractivity contribution in [2.45, 2.75) is 31.1 Å². The van der Waals surface area contributed by atoms with Gasteiger partial charge in [-0.05, 0) is 67.0 Å². The van der Waals surface area contributed by atoms with Crippen molar-refractivity contribution in [2.24, 2.45) is 0 Å². The van der Waals surface area contributed by atoms with Gasteiger partial charge in [0.15, 0.2) is 0 Å². The Kier molecular flexibility index (Phi) is 4.47. The van der Waals surface area contributed by atoms with Crippen LogP contribution < -0.4 is 10.2 Å². The smallest absolute Gasteiger partial charge is 0.258 e. The quantitative estimate of drug-likeness (QED) is 0.667. The Bertz CT molecular complexity index is 1060. The highest BCUT2D eigenvalue weighted by atomic mass is 32.1. The number of thiophene rings is 1. The van der Waals surface area contributed by atoms with Crippen molar-refractivity contribution in [3.63, 3.8) is 0 Å². The molecular formula is C24H22N2O2S. The topological polar surface area (TPSA) is 49.4 Å². The van der Waals surface area contributed by atoms with E-state index in [2.05, 4.69) is 5.32 Å². The van der Waals surface area contributed by atoms with Gasteiger partial charge in [0.1, 0.15) is 0 Å². The van der Waals surface area contributed by atoms with E-state index >= 15 is 0 Å². The zero-order valence-electron chi connectivity index (χ0n) is 16.1. The van der Waals surface area contributed by atoms with Crippen LogP contribution in [-0.4, -0.2) is 18.4 Å². The third-order valence-electron chi connectivity index (χ3n) is 5.91. The van der Waals surface area contributed by atoms with E-state index in [1.54, 1.807) is 11.3 Å². The van der Waals surface area contributed by atoms with E-state index in [0.717, 1.165) is 47.5 Å². The van der Waals surface area contributed by atoms with E-state index in [4.69, 9.17) is 0 Å². The number of benzene rings is 2. The van der Waals surface area contributed by atoms with Gasteiger partial charge in [0.25, 0.3) is 5.91 Å². The van der Waals surface area contributed by atoms with Crippen LogP contribution >= 0.6 is 11.3 Å². The zero-order valence-corrected chi connectivity index (χ0v) is 16.9. The fourth-order valence-corrected chi connectivity index (χ4v) is 5.10. The van der Waals surface area contributed by atoms with Gasteiger partial charge in [-0.3, -0.25) is 9.59 Å². The summed E-state index contributed by atoms with van der Waals surface area (Å²) in [5.74, 6) is 0.0592. The summed E-state index contributed by atoms with van der Waals surface area (Å²) in [5, 5.41) is 5.13. The minimum absolute atomic E-state index is 0.00674. The molecule has 0 atom stereocenters. The molecule has 2 amide bonds. The van der Waals surface area contributed by atoms with Crippen molar-refractivity contribution < 1.29 is 9.59 Å². The van der Waals surface area contributed by atoms with E-state index in [1.807, 2.05) is 70.9 Å². The molecule has 2 aliphatic rings. The van der Waals surface area contributed by atoms with Crippen LogP contribution in [0.3, 0.4) is 0 Å². The van der Waals surface area contributed by atoms with Crippen LogP contribution in [0.1, 0.15) is 40.1 Å². The van der Waals surface area contributed by atoms with Gasteiger partial charge in [-0.1, -0.05) is 30.3 Å². The maximum absolute atomic E-state index is 13.1. The lowest BCUT2D eigenvalue weighted by molar-refractivity contribution is -0.118. The van der Waals surface area contributed by atoms with Crippen molar-refractivity contribution in [1.82, 2.24) is 0 Å². The number of hydrogen-bond donors (Lipinski definition) is 1. The maximum Gasteiger partial charge on any atom is 0.258 e. The van der Waals surface area contributed by atoms with E-state index in [0.29, 0.717) is 12.1 Å². The number of anilines is 2. The van der Waals surface area contributed by atoms with Crippen molar-refractivity contribution in [3.05, 3.63) is 82.0 Å². The predicted octanol–water partition coefficient (Wildman–Crippen LogP) is 5.01. The van der Waals surface area contributed by atoms with E-state index < -0.39 is 0 Å². The molecule has 1 saturated carbocycles. The first kappa shape index (κ1) is 18.1. The highest BCUT2D eigenvalue weighted by molar-refractivity contribution is 7.10. The minimum Gasteiger partial charge on any atom is -0.325 e. The summed E-state index contributed by atoms with van der Waals surface area (Å²) in [4.78, 5) is 29.1. The van der Waals surface area contributed by atoms with Gasteiger partial charge in [-0.25, -0.2) is 0 Å². The van der Waals surface area contributed by atoms with Crippen LogP contribution in [-0.2, 0) is 16.6 Å². The number of nitrogens with one attached hydrogen (secondary N) is 1. The molecule has 0 bridgehead atoms. The van der Waals surface area contributed by atoms with Crippen LogP contribution in [0.15, 0.2) is 66.0 Å². The number of fused-ring (bicyclic) bond motifs is 1. The Morgan fingerprint density at radius 3 is 2.55 bits per heavy atom. The first-order chi connectivity index (χ1) is 14.2. The van der Waals surface area contributed by atoms with Crippen LogP contribution in [0, 0.1) is 0 Å². The van der Waals surface area contributed by atoms with Gasteiger partial charge < -0.3 is 10.2 Å². The molecule has 29 heavy (non-hydrogen) atoms. The van der Waals surface area contributed by atoms with Gasteiger partial charge in [0.05, 0.1) is 5.41 Å². The standard InChI is InChI=1S/C24H22N2O2S/c27-22(18-6-2-1-3-7-18)26-14-4-8-17-10-11-19(16-20(17)26)25-23(28)24(12-13-24)21-9-5-15-29-21/h1-3,5-7,9-11,15-16H,4,8,12-14H2,(H,25,28). The maximum atomic E-state index is 13.1. The molecule has 146 valence electrons. The molecule has 5 rings (SSSR count). The molecule has 1 N–H and O–H groups in total. The molecule has 2 aromatic carbocycles. The number of carbonyl (C=O) groups is 2. The molecule has 3 aromatic rings. The van der Waals surface area contributed by atoms with Crippen molar-refractivity contribution in [2.75, 3.05) is 16.8 Å². The number of nitrogens with zero attached hydrogens (tertiary/aromatic N) is 1. The molecule has 1 aliphatic heterocycles. The van der Waals surface area contributed by atoms with Crippen LogP contribution in [0.25, 0.3) is 0 Å². The Morgan fingerprint density at radius 1 is 1.00 bits per heavy atom. The number of carbonyl (C=O) groups excluding carboxylic acids is 2. The Hall–Kier alpha value is -2.92. The van der Waals surface area contributed by atoms with E-state index in [9.17, 15) is 9.59 Å². The van der Waals surface area contributed by atoms with Crippen LogP contribution in [0.5, 0.6) is 0 Å². The van der Waals surface area contributed by atoms with Gasteiger partial charge in [0, 0.05) is 28.4 Å². The molecule has 0 spiro atoms. The third-order valence-corrected chi connectivity index (χ3v) is 6.98. The van der Waals surface area contributed by atoms with E-state index in [1.165, 1.54) is 0 Å². The third kappa shape index (κ3) is 3.25. The zero-order chi connectivity index (χ0) is 19.8. The van der Waals surface area contributed by atoms with Crippen LogP contribution in [0.2, 0.25) is 0 Å². The summed E-state index contributed by atoms with van der Waals surface area (Å²) in [6, 6.07) is 19.4. The second kappa shape index (κ2) is 7.16. The molecule has 0 unspecified atom stereocenters. The second-order valence-corrected chi connectivity index (χ2v) is 8.73. The average molecular weight is 403 g/mol. The summed E-state index contributed by atoms with van der Waals surface area (Å²) in [6.07, 6.45) is 3.67. The number of rotatable bonds is 4. The van der Waals surface area contributed by atoms with Crippen molar-refractivity contribution in [1.29, 1.82) is 0 Å². The molecular weight excluding hydrogens is 380 g/mol. The largest absolute Gasteiger partial charge is 0.325 e. The normalized spacial score (nSPS) is 16.8. The molecule has 0 saturated heterocycles. The van der Waals surface area contributed by atoms with Gasteiger partial charge >= 0.3 is 0 Å². The average Bonchev–Trinajstić information content (AvgIpc) is 3.39. The Labute approximate surface area is 174 Å². The molecule has 1 fully saturated rings. The number of hydrogen-bond acceptors (Lipinski definition) is 3. The van der Waals surface area contributed by atoms with Crippen molar-refractivity contribution >= 4 is 34.5 Å². The van der Waals surface area contributed by atoms with Gasteiger partial charge in [-0.2, -0.15) is 0 Å². The van der Waals surface area contributed by atoms with Crippen molar-refractivity contribution in [3.8, 4) is 0 Å². The van der Waals surface area contributed by atoms with Gasteiger partial charge in [-0.15, -0.1) is 11.3 Å². The SMILES string of the molecule is O=C(c1ccccc1)N1CCCc2ccc(NC(=O)C3(c4cccs4)CC3)cc21. The fourth-order valence-electron chi connectivity index (χ4n) is 4.11. The number of aryl methyl sites for hydroxylation is 1. The summed E-state index contributed by atoms with van der Waals surface area (Å²) < 4.78 is 0. The highest BCUT2D eigenvalue weighted by Gasteiger charge is 2.52. The predicted molar refractivity (Wildman–Crippen MR) is 117 cm³/mol. The van der Waals surface area contributed by atoms with Gasteiger partial charge in [0.2, 0.25) is 5.91 Å². The molecule has 1 aromatic heterocycles. The summed E-state index contributed by atoms with van der Waals surface area (Å²) in [5.41, 5.74) is 3.12. The fraction of sp³-hybridized carbons (Fsp3) is 0.250. The molecule has 5 heteroatoms. The summed E-state index contributed by atoms with van der Waals surface area (Å²) in [7, 11) is 0. The van der Waals surface area contributed by atoms with Crippen LogP contribution in [0.4, 0.5) is 11.4 Å². The second-order valence-electron chi connectivity index (χ2n) is 7.78. The monoisotopic (exact) mass is 402 g/mol. The summed E-state index contributed by atoms with van der Waals surface area (Å²) in [6.45, 7) is 0.692. The first-order valence-electron chi connectivity index (χ1n) is 10.0. The lowest BCUT2D eigenvalue weighted by Crippen LogP contribution is -2.35. The minimum atomic E-state index is -0.371. The summed E-state index contributed by atoms with van der Waals surface area (Å²) >= 11 is 1.64. The Morgan fingerprint density at radius 2 is 1.83 bits per heavy atom. The van der Waals surface area contributed by atoms with E-state index in [-0.39, 0.29) is 17.2 Å². The highest BCUT2D eigenvalue weighted by Crippen LogP contribution is 2.50. The number of amides is 2. The lowest BCUT2D eigenvalue weighted by Gasteiger charge is -2.30. The molecule has 4 nitrogen and oxygen atoms in total.